The number of ether oxygens (including phenoxy) is 1. The molecule has 48 heavy (non-hydrogen) atoms. The molecule has 1 fully saturated rings. The van der Waals surface area contributed by atoms with Crippen LogP contribution in [0.2, 0.25) is 0 Å². The molecule has 12 heteroatoms. The SMILES string of the molecule is CCOC(=O)CNCc1ccc(-c2ccc(O)c3c2CC2CC4C(N(C)C)C(=O)C(C(N)=O)=C(O)C4(O)C(=O)C2=C3O)c2ccccc12. The van der Waals surface area contributed by atoms with E-state index in [2.05, 4.69) is 5.32 Å². The summed E-state index contributed by atoms with van der Waals surface area (Å²) in [6.07, 6.45) is 0.155. The molecule has 1 amide bonds. The smallest absolute Gasteiger partial charge is 0.319 e. The topological polar surface area (TPSA) is 200 Å². The predicted octanol–water partition coefficient (Wildman–Crippen LogP) is 2.44. The molecule has 0 radical (unpaired) electrons. The summed E-state index contributed by atoms with van der Waals surface area (Å²) in [6, 6.07) is 13.6. The number of esters is 1. The van der Waals surface area contributed by atoms with Crippen molar-refractivity contribution in [2.75, 3.05) is 27.2 Å². The van der Waals surface area contributed by atoms with Gasteiger partial charge >= 0.3 is 5.97 Å². The Morgan fingerprint density at radius 3 is 2.38 bits per heavy atom. The molecule has 3 aromatic rings. The molecule has 0 heterocycles. The number of nitrogens with one attached hydrogen (secondary N) is 1. The van der Waals surface area contributed by atoms with Crippen molar-refractivity contribution in [1.82, 2.24) is 10.2 Å². The second kappa shape index (κ2) is 12.2. The first-order chi connectivity index (χ1) is 22.8. The van der Waals surface area contributed by atoms with Crippen molar-refractivity contribution in [3.8, 4) is 16.9 Å². The maximum Gasteiger partial charge on any atom is 0.319 e. The van der Waals surface area contributed by atoms with Gasteiger partial charge in [-0.1, -0.05) is 42.5 Å². The summed E-state index contributed by atoms with van der Waals surface area (Å²) in [5.74, 6) is -7.32. The largest absolute Gasteiger partial charge is 0.508 e. The van der Waals surface area contributed by atoms with E-state index in [1.54, 1.807) is 27.1 Å². The zero-order chi connectivity index (χ0) is 34.7. The standard InChI is InChI=1S/C36H37N3O9/c1-4-48-26(41)16-38-15-17-9-10-21(20-8-6-5-7-19(17)20)22-11-12-25(40)28-23(22)13-18-14-24-30(39(2)3)32(43)29(35(37)46)34(45)36(24,47)33(44)27(18)31(28)42/h5-12,18,24,30,38,40,42,45,47H,4,13-16H2,1-3H3,(H2,37,46). The van der Waals surface area contributed by atoms with Crippen LogP contribution in [0.4, 0.5) is 0 Å². The average molecular weight is 656 g/mol. The number of carbonyl (C=O) groups excluding carboxylic acids is 4. The lowest BCUT2D eigenvalue weighted by molar-refractivity contribution is -0.153. The first kappa shape index (κ1) is 32.9. The number of fused-ring (bicyclic) bond motifs is 4. The molecule has 0 aliphatic heterocycles. The molecule has 6 rings (SSSR count). The van der Waals surface area contributed by atoms with Gasteiger partial charge in [-0.25, -0.2) is 0 Å². The van der Waals surface area contributed by atoms with Crippen molar-refractivity contribution >= 4 is 40.0 Å². The minimum atomic E-state index is -2.70. The van der Waals surface area contributed by atoms with Gasteiger partial charge in [0.15, 0.2) is 11.4 Å². The fourth-order valence-corrected chi connectivity index (χ4v) is 7.76. The Bertz CT molecular complexity index is 1960. The fourth-order valence-electron chi connectivity index (χ4n) is 7.76. The number of rotatable bonds is 8. The fraction of sp³-hybridized carbons (Fsp3) is 0.333. The van der Waals surface area contributed by atoms with Crippen LogP contribution in [0.5, 0.6) is 5.75 Å². The second-order valence-electron chi connectivity index (χ2n) is 12.7. The molecule has 7 N–H and O–H groups in total. The maximum absolute atomic E-state index is 14.2. The molecule has 12 nitrogen and oxygen atoms in total. The quantitative estimate of drug-likeness (QED) is 0.154. The highest BCUT2D eigenvalue weighted by molar-refractivity contribution is 6.24. The van der Waals surface area contributed by atoms with Gasteiger partial charge in [-0.15, -0.1) is 0 Å². The normalized spacial score (nSPS) is 23.6. The Morgan fingerprint density at radius 2 is 1.71 bits per heavy atom. The number of likely N-dealkylation sites (N-methyl/N-ethyl adjacent to an activating group) is 1. The van der Waals surface area contributed by atoms with Crippen LogP contribution in [0.15, 0.2) is 65.4 Å². The van der Waals surface area contributed by atoms with Gasteiger partial charge in [-0.2, -0.15) is 0 Å². The number of phenolic OH excluding ortho intramolecular Hbond substituents is 1. The van der Waals surface area contributed by atoms with Crippen LogP contribution in [0.3, 0.4) is 0 Å². The lowest BCUT2D eigenvalue weighted by atomic mass is 9.57. The number of aromatic hydroxyl groups is 1. The number of Topliss-reactive ketones (excluding diaryl/α,β-unsaturated/α-hetero) is 2. The Morgan fingerprint density at radius 1 is 1.02 bits per heavy atom. The molecule has 0 bridgehead atoms. The molecule has 0 saturated heterocycles. The van der Waals surface area contributed by atoms with E-state index in [1.165, 1.54) is 11.0 Å². The number of nitrogens with two attached hydrogens (primary N) is 1. The summed E-state index contributed by atoms with van der Waals surface area (Å²) >= 11 is 0. The molecule has 3 aliphatic rings. The zero-order valence-electron chi connectivity index (χ0n) is 26.7. The number of ketones is 2. The molecule has 0 spiro atoms. The summed E-state index contributed by atoms with van der Waals surface area (Å²) in [5.41, 5.74) is 4.68. The number of carbonyl (C=O) groups is 4. The predicted molar refractivity (Wildman–Crippen MR) is 176 cm³/mol. The van der Waals surface area contributed by atoms with Gasteiger partial charge in [-0.05, 0) is 78.9 Å². The third kappa shape index (κ3) is 4.95. The summed E-state index contributed by atoms with van der Waals surface area (Å²) in [5, 5.41) is 50.6. The highest BCUT2D eigenvalue weighted by atomic mass is 16.5. The number of phenols is 1. The number of nitrogens with zero attached hydrogens (tertiary/aromatic N) is 1. The van der Waals surface area contributed by atoms with Crippen LogP contribution in [0, 0.1) is 11.8 Å². The summed E-state index contributed by atoms with van der Waals surface area (Å²) < 4.78 is 5.00. The van der Waals surface area contributed by atoms with Gasteiger partial charge in [0, 0.05) is 18.0 Å². The van der Waals surface area contributed by atoms with Gasteiger partial charge in [0.2, 0.25) is 5.78 Å². The minimum absolute atomic E-state index is 0.00726. The summed E-state index contributed by atoms with van der Waals surface area (Å²) in [7, 11) is 3.12. The van der Waals surface area contributed by atoms with Crippen LogP contribution in [0.1, 0.15) is 30.0 Å². The van der Waals surface area contributed by atoms with Crippen LogP contribution in [-0.4, -0.2) is 87.7 Å². The molecule has 3 aromatic carbocycles. The molecular weight excluding hydrogens is 618 g/mol. The third-order valence-electron chi connectivity index (χ3n) is 9.80. The number of primary amides is 1. The number of hydrogen-bond donors (Lipinski definition) is 6. The van der Waals surface area contributed by atoms with Crippen molar-refractivity contribution in [1.29, 1.82) is 0 Å². The monoisotopic (exact) mass is 655 g/mol. The number of amides is 1. The van der Waals surface area contributed by atoms with Gasteiger partial charge in [0.1, 0.15) is 22.8 Å². The second-order valence-corrected chi connectivity index (χ2v) is 12.7. The van der Waals surface area contributed by atoms with E-state index in [9.17, 15) is 39.6 Å². The Kier molecular flexibility index (Phi) is 8.36. The van der Waals surface area contributed by atoms with Crippen molar-refractivity contribution < 1.29 is 44.3 Å². The van der Waals surface area contributed by atoms with Gasteiger partial charge < -0.3 is 36.2 Å². The number of aliphatic hydroxyl groups excluding tert-OH is 2. The number of aliphatic hydroxyl groups is 3. The molecule has 3 aliphatic carbocycles. The van der Waals surface area contributed by atoms with Crippen LogP contribution in [-0.2, 0) is 36.9 Å². The first-order valence-corrected chi connectivity index (χ1v) is 15.7. The number of benzene rings is 3. The van der Waals surface area contributed by atoms with E-state index in [4.69, 9.17) is 10.5 Å². The zero-order valence-corrected chi connectivity index (χ0v) is 26.7. The minimum Gasteiger partial charge on any atom is -0.508 e. The highest BCUT2D eigenvalue weighted by Crippen LogP contribution is 2.54. The molecule has 4 unspecified atom stereocenters. The third-order valence-corrected chi connectivity index (χ3v) is 9.80. The Labute approximate surface area is 276 Å². The van der Waals surface area contributed by atoms with E-state index in [1.807, 2.05) is 36.4 Å². The molecule has 250 valence electrons. The van der Waals surface area contributed by atoms with E-state index < -0.39 is 58.0 Å². The van der Waals surface area contributed by atoms with E-state index in [0.29, 0.717) is 24.3 Å². The van der Waals surface area contributed by atoms with E-state index >= 15 is 0 Å². The Balaban J connectivity index is 1.47. The van der Waals surface area contributed by atoms with Crippen molar-refractivity contribution in [3.63, 3.8) is 0 Å². The highest BCUT2D eigenvalue weighted by Gasteiger charge is 2.64. The van der Waals surface area contributed by atoms with Gasteiger partial charge in [0.25, 0.3) is 5.91 Å². The van der Waals surface area contributed by atoms with Crippen LogP contribution < -0.4 is 11.1 Å². The summed E-state index contributed by atoms with van der Waals surface area (Å²) in [6.45, 7) is 2.49. The molecule has 0 aromatic heterocycles. The lowest BCUT2D eigenvalue weighted by Gasteiger charge is -2.50. The maximum atomic E-state index is 14.2. The lowest BCUT2D eigenvalue weighted by Crippen LogP contribution is -2.65. The van der Waals surface area contributed by atoms with E-state index in [-0.39, 0.29) is 42.2 Å². The van der Waals surface area contributed by atoms with Crippen molar-refractivity contribution in [2.45, 2.75) is 38.0 Å². The van der Waals surface area contributed by atoms with Crippen molar-refractivity contribution in [2.24, 2.45) is 17.6 Å². The van der Waals surface area contributed by atoms with Crippen molar-refractivity contribution in [3.05, 3.63) is 82.1 Å². The Hall–Kier alpha value is -5.04. The number of hydrogen-bond acceptors (Lipinski definition) is 11. The van der Waals surface area contributed by atoms with E-state index in [0.717, 1.165) is 21.9 Å². The average Bonchev–Trinajstić information content (AvgIpc) is 3.03. The first-order valence-electron chi connectivity index (χ1n) is 15.7. The molecule has 4 atom stereocenters. The van der Waals surface area contributed by atoms with Crippen LogP contribution in [0.25, 0.3) is 27.7 Å². The van der Waals surface area contributed by atoms with Gasteiger partial charge in [0.05, 0.1) is 24.8 Å². The van der Waals surface area contributed by atoms with Crippen LogP contribution >= 0.6 is 0 Å². The molecular formula is C36H37N3O9. The summed E-state index contributed by atoms with van der Waals surface area (Å²) in [4.78, 5) is 53.1. The van der Waals surface area contributed by atoms with Gasteiger partial charge in [-0.3, -0.25) is 24.1 Å². The molecule has 1 saturated carbocycles.